The quantitative estimate of drug-likeness (QED) is 0.498. The van der Waals surface area contributed by atoms with Crippen LogP contribution in [0, 0.1) is 30.6 Å². The second-order valence-electron chi connectivity index (χ2n) is 7.65. The van der Waals surface area contributed by atoms with Crippen molar-refractivity contribution >= 4 is 6.21 Å². The zero-order valence-electron chi connectivity index (χ0n) is 17.8. The number of aryl methyl sites for hydroxylation is 1. The lowest BCUT2D eigenvalue weighted by atomic mass is 9.67. The van der Waals surface area contributed by atoms with Crippen molar-refractivity contribution < 1.29 is 4.74 Å². The topological polar surface area (TPSA) is 97.2 Å². The van der Waals surface area contributed by atoms with Crippen molar-refractivity contribution in [1.82, 2.24) is 9.97 Å². The van der Waals surface area contributed by atoms with Gasteiger partial charge in [-0.1, -0.05) is 18.6 Å². The van der Waals surface area contributed by atoms with E-state index in [0.717, 1.165) is 41.7 Å². The third-order valence-corrected chi connectivity index (χ3v) is 5.47. The average molecular weight is 414 g/mol. The molecule has 6 heteroatoms. The molecule has 0 saturated heterocycles. The summed E-state index contributed by atoms with van der Waals surface area (Å²) in [4.78, 5) is 13.5. The fraction of sp³-hybridized carbons (Fsp3) is 0.360. The van der Waals surface area contributed by atoms with Gasteiger partial charge >= 0.3 is 0 Å². The number of nitrogens with zero attached hydrogens (tertiary/aromatic N) is 4. The van der Waals surface area contributed by atoms with Crippen molar-refractivity contribution in [1.29, 1.82) is 5.26 Å². The van der Waals surface area contributed by atoms with Crippen molar-refractivity contribution in [3.8, 4) is 24.3 Å². The summed E-state index contributed by atoms with van der Waals surface area (Å²) in [5, 5.41) is 9.42. The number of hydrogen-bond acceptors (Lipinski definition) is 6. The molecule has 1 aromatic heterocycles. The molecule has 0 aliphatic heterocycles. The fourth-order valence-electron chi connectivity index (χ4n) is 3.84. The van der Waals surface area contributed by atoms with Crippen LogP contribution < -0.4 is 10.5 Å². The summed E-state index contributed by atoms with van der Waals surface area (Å²) in [6.07, 6.45) is 9.86. The first-order chi connectivity index (χ1) is 15.0. The number of hydrogen-bond donors (Lipinski definition) is 1. The number of aliphatic imine (C=N–C) groups is 1. The predicted octanol–water partition coefficient (Wildman–Crippen LogP) is 3.81. The molecule has 1 aromatic carbocycles. The molecular formula is C25H27N5O. The third kappa shape index (κ3) is 5.57. The Morgan fingerprint density at radius 3 is 2.84 bits per heavy atom. The molecule has 1 fully saturated rings. The number of ether oxygens (including phenoxy) is 1. The van der Waals surface area contributed by atoms with Crippen LogP contribution in [0.3, 0.4) is 0 Å². The molecule has 2 N–H and O–H groups in total. The predicted molar refractivity (Wildman–Crippen MR) is 122 cm³/mol. The number of nitriles is 1. The molecule has 3 rings (SSSR count). The van der Waals surface area contributed by atoms with Crippen LogP contribution >= 0.6 is 0 Å². The van der Waals surface area contributed by atoms with Crippen LogP contribution in [0.2, 0.25) is 0 Å². The highest BCUT2D eigenvalue weighted by Crippen LogP contribution is 2.50. The number of nitrogens with two attached hydrogens (primary N) is 1. The van der Waals surface area contributed by atoms with E-state index >= 15 is 0 Å². The molecule has 2 aromatic rings. The minimum absolute atomic E-state index is 0.172. The van der Waals surface area contributed by atoms with E-state index in [-0.39, 0.29) is 18.4 Å². The van der Waals surface area contributed by atoms with Crippen LogP contribution in [0.4, 0.5) is 0 Å². The maximum Gasteiger partial charge on any atom is 0.217 e. The van der Waals surface area contributed by atoms with Crippen LogP contribution in [0.5, 0.6) is 5.88 Å². The molecule has 31 heavy (non-hydrogen) atoms. The van der Waals surface area contributed by atoms with E-state index in [1.54, 1.807) is 6.21 Å². The van der Waals surface area contributed by atoms with Gasteiger partial charge in [-0.3, -0.25) is 4.99 Å². The molecular weight excluding hydrogens is 386 g/mol. The monoisotopic (exact) mass is 413 g/mol. The second-order valence-corrected chi connectivity index (χ2v) is 7.65. The van der Waals surface area contributed by atoms with E-state index in [1.165, 1.54) is 0 Å². The Kier molecular flexibility index (Phi) is 7.54. The first-order valence-electron chi connectivity index (χ1n) is 10.4. The van der Waals surface area contributed by atoms with Gasteiger partial charge in [0.1, 0.15) is 5.82 Å². The Labute approximate surface area is 183 Å². The van der Waals surface area contributed by atoms with Crippen molar-refractivity contribution in [2.24, 2.45) is 10.7 Å². The highest BCUT2D eigenvalue weighted by molar-refractivity contribution is 5.77. The summed E-state index contributed by atoms with van der Waals surface area (Å²) in [6, 6.07) is 9.96. The van der Waals surface area contributed by atoms with Gasteiger partial charge in [-0.05, 0) is 67.5 Å². The number of aromatic nitrogens is 2. The van der Waals surface area contributed by atoms with Crippen LogP contribution in [0.1, 0.15) is 59.3 Å². The Balaban J connectivity index is 1.86. The van der Waals surface area contributed by atoms with Gasteiger partial charge < -0.3 is 10.5 Å². The SMILES string of the molecule is C#CCOc1cc(C2CCC2c2cc(C#N)ccc2CN=CC(=C)CCN)nc(C)n1. The molecule has 1 aliphatic carbocycles. The largest absolute Gasteiger partial charge is 0.464 e. The maximum absolute atomic E-state index is 9.42. The molecule has 158 valence electrons. The molecule has 1 aliphatic rings. The number of benzene rings is 1. The minimum atomic E-state index is 0.172. The summed E-state index contributed by atoms with van der Waals surface area (Å²) >= 11 is 0. The lowest BCUT2D eigenvalue weighted by Gasteiger charge is -2.38. The zero-order valence-corrected chi connectivity index (χ0v) is 17.8. The van der Waals surface area contributed by atoms with Gasteiger partial charge in [0, 0.05) is 18.2 Å². The highest BCUT2D eigenvalue weighted by Gasteiger charge is 2.36. The van der Waals surface area contributed by atoms with E-state index in [0.29, 0.717) is 30.4 Å². The summed E-state index contributed by atoms with van der Waals surface area (Å²) in [6.45, 7) is 7.08. The first kappa shape index (κ1) is 22.2. The first-order valence-corrected chi connectivity index (χ1v) is 10.4. The normalized spacial score (nSPS) is 17.5. The Morgan fingerprint density at radius 2 is 2.16 bits per heavy atom. The Morgan fingerprint density at radius 1 is 1.35 bits per heavy atom. The standard InChI is InChI=1S/C25H27N5O/c1-4-11-31-25-13-24(29-18(3)30-25)22-8-7-21(22)23-12-19(14-27)5-6-20(23)16-28-15-17(2)9-10-26/h1,5-6,12-13,15,21-22H,2,7-11,16,26H2,3H3. The van der Waals surface area contributed by atoms with Crippen LogP contribution in [0.25, 0.3) is 0 Å². The van der Waals surface area contributed by atoms with Crippen LogP contribution in [-0.2, 0) is 6.54 Å². The van der Waals surface area contributed by atoms with Crippen LogP contribution in [-0.4, -0.2) is 29.3 Å². The number of terminal acetylenes is 1. The molecule has 2 unspecified atom stereocenters. The number of rotatable bonds is 9. The van der Waals surface area contributed by atoms with Gasteiger partial charge in [0.15, 0.2) is 6.61 Å². The molecule has 1 saturated carbocycles. The molecule has 0 radical (unpaired) electrons. The third-order valence-electron chi connectivity index (χ3n) is 5.47. The van der Waals surface area contributed by atoms with Gasteiger partial charge in [-0.2, -0.15) is 10.2 Å². The minimum Gasteiger partial charge on any atom is -0.464 e. The van der Waals surface area contributed by atoms with E-state index in [2.05, 4.69) is 33.5 Å². The van der Waals surface area contributed by atoms with Crippen LogP contribution in [0.15, 0.2) is 41.4 Å². The smallest absolute Gasteiger partial charge is 0.217 e. The van der Waals surface area contributed by atoms with Crippen molar-refractivity contribution in [3.05, 3.63) is 64.6 Å². The lowest BCUT2D eigenvalue weighted by molar-refractivity contribution is 0.327. The van der Waals surface area contributed by atoms with E-state index in [9.17, 15) is 5.26 Å². The van der Waals surface area contributed by atoms with E-state index in [1.807, 2.05) is 31.2 Å². The summed E-state index contributed by atoms with van der Waals surface area (Å²) in [7, 11) is 0. The lowest BCUT2D eigenvalue weighted by Crippen LogP contribution is -2.24. The Bertz CT molecular complexity index is 1060. The highest BCUT2D eigenvalue weighted by atomic mass is 16.5. The summed E-state index contributed by atoms with van der Waals surface area (Å²) in [5.41, 5.74) is 10.3. The summed E-state index contributed by atoms with van der Waals surface area (Å²) < 4.78 is 5.53. The van der Waals surface area contributed by atoms with Gasteiger partial charge in [0.2, 0.25) is 5.88 Å². The summed E-state index contributed by atoms with van der Waals surface area (Å²) in [5.74, 6) is 4.12. The molecule has 0 spiro atoms. The van der Waals surface area contributed by atoms with Crippen molar-refractivity contribution in [2.45, 2.75) is 44.6 Å². The second kappa shape index (κ2) is 10.5. The molecule has 0 bridgehead atoms. The molecule has 1 heterocycles. The van der Waals surface area contributed by atoms with Gasteiger partial charge in [0.05, 0.1) is 23.9 Å². The van der Waals surface area contributed by atoms with Gasteiger partial charge in [-0.15, -0.1) is 6.42 Å². The zero-order chi connectivity index (χ0) is 22.2. The van der Waals surface area contributed by atoms with Gasteiger partial charge in [0.25, 0.3) is 0 Å². The molecule has 6 nitrogen and oxygen atoms in total. The van der Waals surface area contributed by atoms with Gasteiger partial charge in [-0.25, -0.2) is 4.98 Å². The van der Waals surface area contributed by atoms with Crippen molar-refractivity contribution in [3.63, 3.8) is 0 Å². The molecule has 2 atom stereocenters. The Hall–Kier alpha value is -3.48. The maximum atomic E-state index is 9.42. The molecule has 0 amide bonds. The van der Waals surface area contributed by atoms with E-state index in [4.69, 9.17) is 16.9 Å². The average Bonchev–Trinajstić information content (AvgIpc) is 2.72. The van der Waals surface area contributed by atoms with E-state index < -0.39 is 0 Å². The fourth-order valence-corrected chi connectivity index (χ4v) is 3.84. The van der Waals surface area contributed by atoms with Crippen molar-refractivity contribution in [2.75, 3.05) is 13.2 Å².